The molecular formula is C18H16F2N2O3. The summed E-state index contributed by atoms with van der Waals surface area (Å²) in [6.45, 7) is 0.0109. The van der Waals surface area contributed by atoms with Gasteiger partial charge < -0.3 is 15.7 Å². The highest BCUT2D eigenvalue weighted by Gasteiger charge is 2.37. The summed E-state index contributed by atoms with van der Waals surface area (Å²) in [6, 6.07) is 7.97. The Morgan fingerprint density at radius 2 is 1.72 bits per heavy atom. The van der Waals surface area contributed by atoms with Crippen LogP contribution in [0.4, 0.5) is 8.78 Å². The summed E-state index contributed by atoms with van der Waals surface area (Å²) in [5.74, 6) is -2.31. The molecule has 0 radical (unpaired) electrons. The van der Waals surface area contributed by atoms with Gasteiger partial charge in [-0.25, -0.2) is 8.78 Å². The fourth-order valence-corrected chi connectivity index (χ4v) is 3.05. The van der Waals surface area contributed by atoms with Crippen molar-refractivity contribution < 1.29 is 23.5 Å². The first-order chi connectivity index (χ1) is 11.9. The first kappa shape index (κ1) is 17.0. The van der Waals surface area contributed by atoms with Gasteiger partial charge in [-0.2, -0.15) is 0 Å². The number of β-amino-alcohol motifs (C(OH)–C–C–N with tert-alkyl or cyclic N) is 1. The number of likely N-dealkylation sites (tertiary alicyclic amines) is 1. The molecule has 130 valence electrons. The minimum atomic E-state index is -0.832. The molecule has 1 aliphatic heterocycles. The van der Waals surface area contributed by atoms with E-state index in [4.69, 9.17) is 5.73 Å². The third kappa shape index (κ3) is 3.36. The molecule has 0 saturated carbocycles. The number of hydrogen-bond donors (Lipinski definition) is 2. The maximum Gasteiger partial charge on any atom is 0.254 e. The lowest BCUT2D eigenvalue weighted by Gasteiger charge is -2.25. The standard InChI is InChI=1S/C18H16F2N2O3/c19-12-5-6-15(20)14(7-12)16-8-13(23)9-22(16)18(25)11-3-1-10(2-4-11)17(21)24/h1-7,13,16,23H,8-9H2,(H2,21,24)/t13-,16-/m1/s1. The first-order valence-corrected chi connectivity index (χ1v) is 7.70. The maximum absolute atomic E-state index is 14.1. The molecule has 1 saturated heterocycles. The van der Waals surface area contributed by atoms with Gasteiger partial charge in [0, 0.05) is 23.2 Å². The van der Waals surface area contributed by atoms with Crippen LogP contribution in [0.2, 0.25) is 0 Å². The van der Waals surface area contributed by atoms with Crippen molar-refractivity contribution in [2.45, 2.75) is 18.6 Å². The molecule has 2 atom stereocenters. The van der Waals surface area contributed by atoms with Crippen molar-refractivity contribution in [2.24, 2.45) is 5.73 Å². The lowest BCUT2D eigenvalue weighted by molar-refractivity contribution is 0.0713. The van der Waals surface area contributed by atoms with Crippen LogP contribution in [0.1, 0.15) is 38.7 Å². The Labute approximate surface area is 142 Å². The SMILES string of the molecule is NC(=O)c1ccc(C(=O)N2C[C@H](O)C[C@@H]2c2cc(F)ccc2F)cc1. The van der Waals surface area contributed by atoms with Crippen molar-refractivity contribution in [1.82, 2.24) is 4.90 Å². The number of aliphatic hydroxyl groups is 1. The number of nitrogens with zero attached hydrogens (tertiary/aromatic N) is 1. The summed E-state index contributed by atoms with van der Waals surface area (Å²) in [6.07, 6.45) is -0.715. The summed E-state index contributed by atoms with van der Waals surface area (Å²) in [7, 11) is 0. The number of carbonyl (C=O) groups excluding carboxylic acids is 2. The molecule has 2 aromatic carbocycles. The largest absolute Gasteiger partial charge is 0.391 e. The first-order valence-electron chi connectivity index (χ1n) is 7.70. The van der Waals surface area contributed by atoms with Crippen LogP contribution in [-0.4, -0.2) is 34.5 Å². The third-order valence-electron chi connectivity index (χ3n) is 4.27. The molecule has 2 aromatic rings. The number of nitrogens with two attached hydrogens (primary N) is 1. The average molecular weight is 346 g/mol. The number of amides is 2. The fourth-order valence-electron chi connectivity index (χ4n) is 3.05. The summed E-state index contributed by atoms with van der Waals surface area (Å²) >= 11 is 0. The molecule has 1 fully saturated rings. The normalized spacial score (nSPS) is 19.9. The van der Waals surface area contributed by atoms with Gasteiger partial charge in [-0.05, 0) is 48.9 Å². The van der Waals surface area contributed by atoms with Crippen LogP contribution in [0.5, 0.6) is 0 Å². The van der Waals surface area contributed by atoms with Crippen LogP contribution >= 0.6 is 0 Å². The monoisotopic (exact) mass is 346 g/mol. The van der Waals surface area contributed by atoms with Gasteiger partial charge in [0.05, 0.1) is 12.1 Å². The zero-order valence-corrected chi connectivity index (χ0v) is 13.2. The Hall–Kier alpha value is -2.80. The quantitative estimate of drug-likeness (QED) is 0.892. The van der Waals surface area contributed by atoms with Gasteiger partial charge in [-0.15, -0.1) is 0 Å². The highest BCUT2D eigenvalue weighted by molar-refractivity contribution is 5.97. The van der Waals surface area contributed by atoms with Gasteiger partial charge >= 0.3 is 0 Å². The van der Waals surface area contributed by atoms with E-state index in [1.54, 1.807) is 0 Å². The van der Waals surface area contributed by atoms with E-state index >= 15 is 0 Å². The number of primary amides is 1. The number of benzene rings is 2. The van der Waals surface area contributed by atoms with E-state index in [9.17, 15) is 23.5 Å². The molecule has 25 heavy (non-hydrogen) atoms. The Morgan fingerprint density at radius 1 is 1.08 bits per heavy atom. The molecule has 0 spiro atoms. The molecule has 0 aliphatic carbocycles. The molecule has 2 amide bonds. The Bertz CT molecular complexity index is 824. The van der Waals surface area contributed by atoms with Gasteiger partial charge in [0.2, 0.25) is 5.91 Å². The van der Waals surface area contributed by atoms with Gasteiger partial charge in [0.1, 0.15) is 11.6 Å². The summed E-state index contributed by atoms with van der Waals surface area (Å²) in [4.78, 5) is 25.1. The summed E-state index contributed by atoms with van der Waals surface area (Å²) < 4.78 is 27.6. The van der Waals surface area contributed by atoms with Crippen LogP contribution < -0.4 is 5.73 Å². The van der Waals surface area contributed by atoms with E-state index < -0.39 is 35.6 Å². The lowest BCUT2D eigenvalue weighted by Crippen LogP contribution is -2.32. The van der Waals surface area contributed by atoms with Crippen molar-refractivity contribution in [1.29, 1.82) is 0 Å². The Morgan fingerprint density at radius 3 is 2.36 bits per heavy atom. The fraction of sp³-hybridized carbons (Fsp3) is 0.222. The zero-order chi connectivity index (χ0) is 18.1. The van der Waals surface area contributed by atoms with Crippen LogP contribution in [0.3, 0.4) is 0 Å². The predicted octanol–water partition coefficient (Wildman–Crippen LogP) is 2.01. The minimum Gasteiger partial charge on any atom is -0.391 e. The second-order valence-corrected chi connectivity index (χ2v) is 5.97. The van der Waals surface area contributed by atoms with Gasteiger partial charge in [-0.1, -0.05) is 0 Å². The van der Waals surface area contributed by atoms with Crippen LogP contribution in [0.25, 0.3) is 0 Å². The zero-order valence-electron chi connectivity index (χ0n) is 13.2. The van der Waals surface area contributed by atoms with Crippen molar-refractivity contribution in [3.05, 3.63) is 70.8 Å². The molecule has 7 heteroatoms. The molecular weight excluding hydrogens is 330 g/mol. The van der Waals surface area contributed by atoms with Crippen molar-refractivity contribution in [2.75, 3.05) is 6.54 Å². The van der Waals surface area contributed by atoms with E-state index in [0.717, 1.165) is 18.2 Å². The smallest absolute Gasteiger partial charge is 0.254 e. The maximum atomic E-state index is 14.1. The van der Waals surface area contributed by atoms with Crippen molar-refractivity contribution in [3.8, 4) is 0 Å². The molecule has 0 bridgehead atoms. The van der Waals surface area contributed by atoms with Gasteiger partial charge in [-0.3, -0.25) is 9.59 Å². The average Bonchev–Trinajstić information content (AvgIpc) is 2.98. The Kier molecular flexibility index (Phi) is 4.50. The van der Waals surface area contributed by atoms with Crippen LogP contribution in [-0.2, 0) is 0 Å². The number of hydrogen-bond acceptors (Lipinski definition) is 3. The second kappa shape index (κ2) is 6.60. The molecule has 1 aliphatic rings. The summed E-state index contributed by atoms with van der Waals surface area (Å²) in [5.41, 5.74) is 5.71. The van der Waals surface area contributed by atoms with E-state index in [1.165, 1.54) is 29.2 Å². The third-order valence-corrected chi connectivity index (χ3v) is 4.27. The highest BCUT2D eigenvalue weighted by atomic mass is 19.1. The summed E-state index contributed by atoms with van der Waals surface area (Å²) in [5, 5.41) is 9.93. The van der Waals surface area contributed by atoms with Crippen LogP contribution in [0, 0.1) is 11.6 Å². The minimum absolute atomic E-state index is 0.0109. The molecule has 5 nitrogen and oxygen atoms in total. The lowest BCUT2D eigenvalue weighted by atomic mass is 10.0. The number of halogens is 2. The predicted molar refractivity (Wildman–Crippen MR) is 85.7 cm³/mol. The molecule has 1 heterocycles. The molecule has 3 N–H and O–H groups in total. The van der Waals surface area contributed by atoms with E-state index in [2.05, 4.69) is 0 Å². The molecule has 0 aromatic heterocycles. The number of aliphatic hydroxyl groups excluding tert-OH is 1. The van der Waals surface area contributed by atoms with Gasteiger partial charge in [0.25, 0.3) is 5.91 Å². The molecule has 3 rings (SSSR count). The van der Waals surface area contributed by atoms with E-state index in [-0.39, 0.29) is 29.7 Å². The van der Waals surface area contributed by atoms with Gasteiger partial charge in [0.15, 0.2) is 0 Å². The highest BCUT2D eigenvalue weighted by Crippen LogP contribution is 2.35. The Balaban J connectivity index is 1.92. The molecule has 0 unspecified atom stereocenters. The van der Waals surface area contributed by atoms with E-state index in [0.29, 0.717) is 0 Å². The second-order valence-electron chi connectivity index (χ2n) is 5.97. The van der Waals surface area contributed by atoms with E-state index in [1.807, 2.05) is 0 Å². The van der Waals surface area contributed by atoms with Crippen molar-refractivity contribution >= 4 is 11.8 Å². The topological polar surface area (TPSA) is 83.6 Å². The van der Waals surface area contributed by atoms with Crippen molar-refractivity contribution in [3.63, 3.8) is 0 Å². The number of rotatable bonds is 3. The number of carbonyl (C=O) groups is 2. The van der Waals surface area contributed by atoms with Crippen LogP contribution in [0.15, 0.2) is 42.5 Å².